The number of piperidine rings is 1. The Hall–Kier alpha value is -3.28. The van der Waals surface area contributed by atoms with Crippen molar-refractivity contribution in [2.45, 2.75) is 23.8 Å². The van der Waals surface area contributed by atoms with Gasteiger partial charge in [0.25, 0.3) is 0 Å². The van der Waals surface area contributed by atoms with Gasteiger partial charge in [0.2, 0.25) is 10.0 Å². The lowest BCUT2D eigenvalue weighted by Crippen LogP contribution is -2.29. The highest BCUT2D eigenvalue weighted by atomic mass is 32.2. The zero-order valence-electron chi connectivity index (χ0n) is 16.6. The van der Waals surface area contributed by atoms with E-state index >= 15 is 0 Å². The van der Waals surface area contributed by atoms with Gasteiger partial charge in [-0.3, -0.25) is 4.68 Å². The molecule has 0 spiro atoms. The normalized spacial score (nSPS) is 15.5. The molecule has 6 N–H and O–H groups in total. The van der Waals surface area contributed by atoms with Crippen LogP contribution in [-0.4, -0.2) is 46.2 Å². The average molecular weight is 439 g/mol. The smallest absolute Gasteiger partial charge is 0.238 e. The number of benzene rings is 1. The van der Waals surface area contributed by atoms with E-state index in [2.05, 4.69) is 25.4 Å². The number of nitrogen functional groups attached to an aromatic ring is 1. The first kappa shape index (κ1) is 19.7. The molecule has 11 heteroatoms. The minimum Gasteiger partial charge on any atom is -0.383 e. The van der Waals surface area contributed by atoms with E-state index in [9.17, 15) is 8.42 Å². The first-order valence-electron chi connectivity index (χ1n) is 9.92. The van der Waals surface area contributed by atoms with E-state index in [0.29, 0.717) is 34.3 Å². The van der Waals surface area contributed by atoms with E-state index in [4.69, 9.17) is 10.9 Å². The van der Waals surface area contributed by atoms with Crippen molar-refractivity contribution in [1.82, 2.24) is 30.0 Å². The average Bonchev–Trinajstić information content (AvgIpc) is 3.41. The van der Waals surface area contributed by atoms with Crippen LogP contribution in [0.4, 0.5) is 5.82 Å². The molecule has 0 atom stereocenters. The molecule has 3 aromatic heterocycles. The topological polar surface area (TPSA) is 158 Å². The summed E-state index contributed by atoms with van der Waals surface area (Å²) in [6, 6.07) is 6.79. The van der Waals surface area contributed by atoms with Crippen LogP contribution >= 0.6 is 0 Å². The summed E-state index contributed by atoms with van der Waals surface area (Å²) in [5.41, 5.74) is 9.72. The van der Waals surface area contributed by atoms with Crippen LogP contribution in [-0.2, 0) is 10.0 Å². The summed E-state index contributed by atoms with van der Waals surface area (Å²) in [4.78, 5) is 12.0. The quantitative estimate of drug-likeness (QED) is 0.377. The molecule has 1 aliphatic rings. The van der Waals surface area contributed by atoms with Crippen molar-refractivity contribution in [2.24, 2.45) is 5.14 Å². The van der Waals surface area contributed by atoms with Crippen LogP contribution in [0.15, 0.2) is 47.8 Å². The van der Waals surface area contributed by atoms with Crippen LogP contribution in [0.5, 0.6) is 0 Å². The summed E-state index contributed by atoms with van der Waals surface area (Å²) in [7, 11) is -3.81. The number of imidazole rings is 1. The van der Waals surface area contributed by atoms with Gasteiger partial charge in [-0.2, -0.15) is 5.10 Å². The maximum atomic E-state index is 11.6. The first-order chi connectivity index (χ1) is 14.9. The van der Waals surface area contributed by atoms with Gasteiger partial charge in [-0.15, -0.1) is 0 Å². The summed E-state index contributed by atoms with van der Waals surface area (Å²) in [5.74, 6) is 0.819. The van der Waals surface area contributed by atoms with Gasteiger partial charge in [-0.05, 0) is 50.2 Å². The van der Waals surface area contributed by atoms with E-state index in [1.807, 2.05) is 23.1 Å². The van der Waals surface area contributed by atoms with Crippen molar-refractivity contribution in [3.05, 3.63) is 42.9 Å². The number of H-pyrrole nitrogens is 1. The molecule has 0 bridgehead atoms. The van der Waals surface area contributed by atoms with Crippen LogP contribution < -0.4 is 16.2 Å². The Labute approximate surface area is 178 Å². The summed E-state index contributed by atoms with van der Waals surface area (Å²) in [5, 5.41) is 13.1. The van der Waals surface area contributed by atoms with Gasteiger partial charge in [0.15, 0.2) is 0 Å². The molecule has 4 heterocycles. The zero-order valence-corrected chi connectivity index (χ0v) is 17.4. The Balaban J connectivity index is 1.51. The van der Waals surface area contributed by atoms with E-state index < -0.39 is 10.0 Å². The highest BCUT2D eigenvalue weighted by molar-refractivity contribution is 7.89. The monoisotopic (exact) mass is 438 g/mol. The molecule has 0 unspecified atom stereocenters. The van der Waals surface area contributed by atoms with Gasteiger partial charge < -0.3 is 16.0 Å². The lowest BCUT2D eigenvalue weighted by molar-refractivity contribution is 0.343. The molecule has 0 aliphatic carbocycles. The van der Waals surface area contributed by atoms with E-state index in [1.54, 1.807) is 12.3 Å². The molecule has 0 radical (unpaired) electrons. The van der Waals surface area contributed by atoms with Gasteiger partial charge in [-0.25, -0.2) is 23.5 Å². The van der Waals surface area contributed by atoms with Crippen molar-refractivity contribution >= 4 is 26.9 Å². The minimum atomic E-state index is -3.81. The van der Waals surface area contributed by atoms with Crippen molar-refractivity contribution in [3.63, 3.8) is 0 Å². The van der Waals surface area contributed by atoms with Crippen molar-refractivity contribution in [1.29, 1.82) is 0 Å². The van der Waals surface area contributed by atoms with Crippen LogP contribution in [0.1, 0.15) is 18.9 Å². The maximum Gasteiger partial charge on any atom is 0.238 e. The molecule has 5 rings (SSSR count). The SMILES string of the molecule is Nc1ncc(-c2cnn(C3CCNCC3)c2)cc1-c1nc2cc(S(N)(=O)=O)ccc2[nH]1. The molecule has 1 fully saturated rings. The number of sulfonamides is 1. The number of nitrogens with one attached hydrogen (secondary N) is 2. The predicted molar refractivity (Wildman–Crippen MR) is 117 cm³/mol. The number of anilines is 1. The molecule has 0 amide bonds. The zero-order chi connectivity index (χ0) is 21.6. The van der Waals surface area contributed by atoms with E-state index in [-0.39, 0.29) is 4.90 Å². The molecular formula is C20H22N8O2S. The molecular weight excluding hydrogens is 416 g/mol. The third-order valence-corrected chi connectivity index (χ3v) is 6.49. The van der Waals surface area contributed by atoms with E-state index in [0.717, 1.165) is 37.1 Å². The fraction of sp³-hybridized carbons (Fsp3) is 0.250. The van der Waals surface area contributed by atoms with Crippen molar-refractivity contribution in [3.8, 4) is 22.5 Å². The number of primary sulfonamides is 1. The summed E-state index contributed by atoms with van der Waals surface area (Å²) >= 11 is 0. The fourth-order valence-electron chi connectivity index (χ4n) is 3.87. The number of aromatic nitrogens is 5. The second-order valence-corrected chi connectivity index (χ2v) is 9.22. The summed E-state index contributed by atoms with van der Waals surface area (Å²) in [6.07, 6.45) is 7.67. The molecule has 10 nitrogen and oxygen atoms in total. The molecule has 31 heavy (non-hydrogen) atoms. The Morgan fingerprint density at radius 2 is 1.90 bits per heavy atom. The highest BCUT2D eigenvalue weighted by Crippen LogP contribution is 2.30. The third-order valence-electron chi connectivity index (χ3n) is 5.57. The highest BCUT2D eigenvalue weighted by Gasteiger charge is 2.18. The molecule has 1 aromatic carbocycles. The van der Waals surface area contributed by atoms with Crippen molar-refractivity contribution < 1.29 is 8.42 Å². The standard InChI is InChI=1S/C20H22N8O2S/c21-19-16(20-26-17-2-1-15(31(22,29)30)8-18(17)27-20)7-12(9-24-19)13-10-25-28(11-13)14-3-5-23-6-4-14/h1-2,7-11,14,23H,3-6H2,(H2,21,24)(H,26,27)(H2,22,29,30). The summed E-state index contributed by atoms with van der Waals surface area (Å²) in [6.45, 7) is 1.99. The number of fused-ring (bicyclic) bond motifs is 1. The largest absolute Gasteiger partial charge is 0.383 e. The molecule has 0 saturated carbocycles. The lowest BCUT2D eigenvalue weighted by atomic mass is 10.1. The third kappa shape index (κ3) is 3.78. The minimum absolute atomic E-state index is 0.00299. The second kappa shape index (κ2) is 7.45. The number of aromatic amines is 1. The van der Waals surface area contributed by atoms with Gasteiger partial charge in [0.1, 0.15) is 11.6 Å². The van der Waals surface area contributed by atoms with Crippen LogP contribution in [0.3, 0.4) is 0 Å². The Morgan fingerprint density at radius 1 is 1.10 bits per heavy atom. The second-order valence-electron chi connectivity index (χ2n) is 7.66. The molecule has 1 saturated heterocycles. The van der Waals surface area contributed by atoms with Gasteiger partial charge >= 0.3 is 0 Å². The van der Waals surface area contributed by atoms with Gasteiger partial charge in [0.05, 0.1) is 33.7 Å². The van der Waals surface area contributed by atoms with Crippen LogP contribution in [0, 0.1) is 0 Å². The fourth-order valence-corrected chi connectivity index (χ4v) is 4.40. The Bertz CT molecular complexity index is 1370. The lowest BCUT2D eigenvalue weighted by Gasteiger charge is -2.22. The van der Waals surface area contributed by atoms with E-state index in [1.165, 1.54) is 12.1 Å². The number of pyridine rings is 1. The van der Waals surface area contributed by atoms with Gasteiger partial charge in [0, 0.05) is 23.5 Å². The number of nitrogens with two attached hydrogens (primary N) is 2. The van der Waals surface area contributed by atoms with Crippen LogP contribution in [0.2, 0.25) is 0 Å². The predicted octanol–water partition coefficient (Wildman–Crippen LogP) is 1.64. The first-order valence-corrected chi connectivity index (χ1v) is 11.5. The summed E-state index contributed by atoms with van der Waals surface area (Å²) < 4.78 is 25.3. The maximum absolute atomic E-state index is 11.6. The number of nitrogens with zero attached hydrogens (tertiary/aromatic N) is 4. The van der Waals surface area contributed by atoms with Crippen LogP contribution in [0.25, 0.3) is 33.5 Å². The molecule has 160 valence electrons. The Kier molecular flexibility index (Phi) is 4.73. The Morgan fingerprint density at radius 3 is 2.68 bits per heavy atom. The number of rotatable bonds is 4. The molecule has 1 aliphatic heterocycles. The molecule has 4 aromatic rings. The number of hydrogen-bond donors (Lipinski definition) is 4. The number of hydrogen-bond acceptors (Lipinski definition) is 7. The van der Waals surface area contributed by atoms with Gasteiger partial charge in [-0.1, -0.05) is 0 Å². The van der Waals surface area contributed by atoms with Crippen molar-refractivity contribution in [2.75, 3.05) is 18.8 Å².